The number of hydrogen-bond acceptors (Lipinski definition) is 2. The Morgan fingerprint density at radius 3 is 2.63 bits per heavy atom. The summed E-state index contributed by atoms with van der Waals surface area (Å²) >= 11 is 0. The van der Waals surface area contributed by atoms with Crippen LogP contribution in [0.4, 0.5) is 0 Å². The van der Waals surface area contributed by atoms with Gasteiger partial charge in [0.25, 0.3) is 0 Å². The predicted octanol–water partition coefficient (Wildman–Crippen LogP) is 2.78. The van der Waals surface area contributed by atoms with Gasteiger partial charge in [0.15, 0.2) is 0 Å². The molecule has 1 aliphatic rings. The van der Waals surface area contributed by atoms with Crippen molar-refractivity contribution < 1.29 is 9.53 Å². The molecule has 1 aromatic rings. The van der Waals surface area contributed by atoms with E-state index in [4.69, 9.17) is 4.74 Å². The zero-order valence-electron chi connectivity index (χ0n) is 11.9. The molecule has 0 saturated carbocycles. The van der Waals surface area contributed by atoms with E-state index in [1.807, 2.05) is 11.8 Å². The number of carbonyl (C=O) groups is 1. The first-order chi connectivity index (χ1) is 9.20. The third kappa shape index (κ3) is 3.80. The Hall–Kier alpha value is -1.35. The van der Waals surface area contributed by atoms with E-state index in [-0.39, 0.29) is 12.1 Å². The van der Waals surface area contributed by atoms with Crippen LogP contribution in [0.5, 0.6) is 0 Å². The highest BCUT2D eigenvalue weighted by atomic mass is 16.5. The van der Waals surface area contributed by atoms with Gasteiger partial charge in [-0.25, -0.2) is 0 Å². The van der Waals surface area contributed by atoms with Crippen LogP contribution in [-0.2, 0) is 22.4 Å². The highest BCUT2D eigenvalue weighted by molar-refractivity contribution is 5.76. The minimum Gasteiger partial charge on any atom is -0.359 e. The lowest BCUT2D eigenvalue weighted by Crippen LogP contribution is -2.44. The Labute approximate surface area is 115 Å². The third-order valence-corrected chi connectivity index (χ3v) is 3.72. The molecule has 1 amide bonds. The monoisotopic (exact) mass is 261 g/mol. The molecular formula is C16H23NO2. The highest BCUT2D eigenvalue weighted by Gasteiger charge is 2.23. The molecule has 1 unspecified atom stereocenters. The van der Waals surface area contributed by atoms with Crippen LogP contribution in [0, 0.1) is 0 Å². The highest BCUT2D eigenvalue weighted by Crippen LogP contribution is 2.13. The summed E-state index contributed by atoms with van der Waals surface area (Å²) < 4.78 is 5.50. The van der Waals surface area contributed by atoms with Gasteiger partial charge in [-0.05, 0) is 37.3 Å². The van der Waals surface area contributed by atoms with Gasteiger partial charge in [-0.2, -0.15) is 0 Å². The van der Waals surface area contributed by atoms with E-state index >= 15 is 0 Å². The molecule has 1 aliphatic heterocycles. The second kappa shape index (κ2) is 6.71. The van der Waals surface area contributed by atoms with Crippen LogP contribution < -0.4 is 0 Å². The normalized spacial score (nSPS) is 19.5. The summed E-state index contributed by atoms with van der Waals surface area (Å²) in [6.45, 7) is 5.70. The van der Waals surface area contributed by atoms with Gasteiger partial charge < -0.3 is 9.64 Å². The average molecular weight is 261 g/mol. The van der Waals surface area contributed by atoms with Crippen molar-refractivity contribution in [3.8, 4) is 0 Å². The lowest BCUT2D eigenvalue weighted by molar-refractivity contribution is -0.151. The number of aryl methyl sites for hydroxylation is 2. The summed E-state index contributed by atoms with van der Waals surface area (Å²) in [7, 11) is 0. The van der Waals surface area contributed by atoms with Crippen LogP contribution >= 0.6 is 0 Å². The van der Waals surface area contributed by atoms with Crippen LogP contribution in [0.1, 0.15) is 37.8 Å². The Morgan fingerprint density at radius 2 is 2.00 bits per heavy atom. The van der Waals surface area contributed by atoms with Gasteiger partial charge in [0.1, 0.15) is 6.23 Å². The minimum absolute atomic E-state index is 0.0660. The molecule has 2 rings (SSSR count). The Morgan fingerprint density at radius 1 is 1.32 bits per heavy atom. The fourth-order valence-electron chi connectivity index (χ4n) is 2.42. The summed E-state index contributed by atoms with van der Waals surface area (Å²) in [5.74, 6) is 0.201. The largest absolute Gasteiger partial charge is 0.359 e. The molecule has 104 valence electrons. The Balaban J connectivity index is 1.85. The van der Waals surface area contributed by atoms with Crippen LogP contribution in [0.3, 0.4) is 0 Å². The summed E-state index contributed by atoms with van der Waals surface area (Å²) in [5.41, 5.74) is 2.57. The summed E-state index contributed by atoms with van der Waals surface area (Å²) in [6.07, 6.45) is 3.32. The maximum Gasteiger partial charge on any atom is 0.224 e. The number of hydrogen-bond donors (Lipinski definition) is 0. The number of amides is 1. The molecule has 0 radical (unpaired) electrons. The number of nitrogens with zero attached hydrogens (tertiary/aromatic N) is 1. The van der Waals surface area contributed by atoms with E-state index < -0.39 is 0 Å². The molecule has 1 heterocycles. The molecular weight excluding hydrogens is 238 g/mol. The van der Waals surface area contributed by atoms with Crippen molar-refractivity contribution in [2.24, 2.45) is 0 Å². The van der Waals surface area contributed by atoms with E-state index in [2.05, 4.69) is 31.2 Å². The van der Waals surface area contributed by atoms with Crippen LogP contribution in [0.15, 0.2) is 24.3 Å². The molecule has 3 heteroatoms. The Bertz CT molecular complexity index is 413. The maximum absolute atomic E-state index is 12.2. The van der Waals surface area contributed by atoms with Gasteiger partial charge in [-0.3, -0.25) is 4.79 Å². The number of benzene rings is 1. The molecule has 1 fully saturated rings. The van der Waals surface area contributed by atoms with Gasteiger partial charge >= 0.3 is 0 Å². The number of carbonyl (C=O) groups excluding carboxylic acids is 1. The van der Waals surface area contributed by atoms with E-state index in [0.717, 1.165) is 32.4 Å². The van der Waals surface area contributed by atoms with Crippen LogP contribution in [0.2, 0.25) is 0 Å². The van der Waals surface area contributed by atoms with Crippen molar-refractivity contribution in [2.45, 2.75) is 45.8 Å². The van der Waals surface area contributed by atoms with Gasteiger partial charge in [0.05, 0.1) is 6.61 Å². The van der Waals surface area contributed by atoms with Crippen molar-refractivity contribution in [3.63, 3.8) is 0 Å². The van der Waals surface area contributed by atoms with Crippen molar-refractivity contribution >= 4 is 5.91 Å². The average Bonchev–Trinajstić information content (AvgIpc) is 2.46. The Kier molecular flexibility index (Phi) is 4.97. The summed E-state index contributed by atoms with van der Waals surface area (Å²) in [5, 5.41) is 0. The predicted molar refractivity (Wildman–Crippen MR) is 75.9 cm³/mol. The summed E-state index contributed by atoms with van der Waals surface area (Å²) in [6, 6.07) is 8.55. The third-order valence-electron chi connectivity index (χ3n) is 3.72. The van der Waals surface area contributed by atoms with Crippen LogP contribution in [-0.4, -0.2) is 30.2 Å². The molecule has 3 nitrogen and oxygen atoms in total. The van der Waals surface area contributed by atoms with Gasteiger partial charge in [0, 0.05) is 13.0 Å². The zero-order chi connectivity index (χ0) is 13.7. The molecule has 0 aliphatic carbocycles. The fourth-order valence-corrected chi connectivity index (χ4v) is 2.42. The minimum atomic E-state index is -0.0660. The quantitative estimate of drug-likeness (QED) is 0.834. The number of ether oxygens (including phenoxy) is 1. The lowest BCUT2D eigenvalue weighted by Gasteiger charge is -2.33. The lowest BCUT2D eigenvalue weighted by atomic mass is 10.1. The molecule has 1 atom stereocenters. The molecule has 0 bridgehead atoms. The van der Waals surface area contributed by atoms with Crippen molar-refractivity contribution in [1.82, 2.24) is 4.90 Å². The molecule has 1 aromatic carbocycles. The first-order valence-corrected chi connectivity index (χ1v) is 7.19. The first-order valence-electron chi connectivity index (χ1n) is 7.19. The SMILES string of the molecule is CCc1ccc(CCC(=O)N2CCCOC2C)cc1. The van der Waals surface area contributed by atoms with Gasteiger partial charge in [0.2, 0.25) is 5.91 Å². The molecule has 0 N–H and O–H groups in total. The van der Waals surface area contributed by atoms with E-state index in [9.17, 15) is 4.79 Å². The number of rotatable bonds is 4. The zero-order valence-corrected chi connectivity index (χ0v) is 11.9. The maximum atomic E-state index is 12.2. The molecule has 1 saturated heterocycles. The standard InChI is InChI=1S/C16H23NO2/c1-3-14-5-7-15(8-6-14)9-10-16(18)17-11-4-12-19-13(17)2/h5-8,13H,3-4,9-12H2,1-2H3. The van der Waals surface area contributed by atoms with Gasteiger partial charge in [-0.1, -0.05) is 31.2 Å². The fraction of sp³-hybridized carbons (Fsp3) is 0.562. The molecule has 19 heavy (non-hydrogen) atoms. The van der Waals surface area contributed by atoms with Gasteiger partial charge in [-0.15, -0.1) is 0 Å². The summed E-state index contributed by atoms with van der Waals surface area (Å²) in [4.78, 5) is 14.0. The topological polar surface area (TPSA) is 29.5 Å². The van der Waals surface area contributed by atoms with Crippen molar-refractivity contribution in [2.75, 3.05) is 13.2 Å². The smallest absolute Gasteiger partial charge is 0.224 e. The second-order valence-electron chi connectivity index (χ2n) is 5.08. The van der Waals surface area contributed by atoms with Crippen molar-refractivity contribution in [3.05, 3.63) is 35.4 Å². The molecule has 0 spiro atoms. The van der Waals surface area contributed by atoms with E-state index in [1.54, 1.807) is 0 Å². The molecule has 0 aromatic heterocycles. The second-order valence-corrected chi connectivity index (χ2v) is 5.08. The van der Waals surface area contributed by atoms with E-state index in [1.165, 1.54) is 11.1 Å². The van der Waals surface area contributed by atoms with E-state index in [0.29, 0.717) is 6.42 Å². The van der Waals surface area contributed by atoms with Crippen molar-refractivity contribution in [1.29, 1.82) is 0 Å². The first kappa shape index (κ1) is 14.1. The van der Waals surface area contributed by atoms with Crippen LogP contribution in [0.25, 0.3) is 0 Å².